The molecule has 0 unspecified atom stereocenters. The smallest absolute Gasteiger partial charge is 0.309 e. The molecule has 1 aromatic rings. The molecular weight excluding hydrogens is 220 g/mol. The van der Waals surface area contributed by atoms with Crippen molar-refractivity contribution >= 4 is 18.3 Å². The lowest BCUT2D eigenvalue weighted by molar-refractivity contribution is -0.142. The Balaban J connectivity index is 2.71. The van der Waals surface area contributed by atoms with Crippen molar-refractivity contribution in [1.82, 2.24) is 0 Å². The zero-order valence-corrected chi connectivity index (χ0v) is 9.55. The number of phenols is 1. The van der Waals surface area contributed by atoms with Crippen LogP contribution < -0.4 is 0 Å². The summed E-state index contributed by atoms with van der Waals surface area (Å²) in [4.78, 5) is 21.8. The van der Waals surface area contributed by atoms with E-state index in [1.165, 1.54) is 12.1 Å². The molecule has 0 aromatic heterocycles. The van der Waals surface area contributed by atoms with Crippen molar-refractivity contribution in [3.63, 3.8) is 0 Å². The molecule has 0 aliphatic rings. The van der Waals surface area contributed by atoms with E-state index in [2.05, 4.69) is 0 Å². The van der Waals surface area contributed by atoms with Gasteiger partial charge in [0.1, 0.15) is 5.75 Å². The standard InChI is InChI=1S/C13H14O4/c1-2-17-13(16)5-3-4-10-6-7-12(15)8-11(10)9-14/h3-4,6-9,15H,2,5H2,1H3. The quantitative estimate of drug-likeness (QED) is 0.626. The predicted molar refractivity (Wildman–Crippen MR) is 63.8 cm³/mol. The topological polar surface area (TPSA) is 63.6 Å². The molecule has 0 heterocycles. The van der Waals surface area contributed by atoms with Crippen LogP contribution >= 0.6 is 0 Å². The Hall–Kier alpha value is -2.10. The third-order valence-electron chi connectivity index (χ3n) is 2.08. The largest absolute Gasteiger partial charge is 0.508 e. The molecule has 1 aromatic carbocycles. The number of carbonyl (C=O) groups is 2. The van der Waals surface area contributed by atoms with E-state index in [0.29, 0.717) is 24.0 Å². The minimum absolute atomic E-state index is 0.0367. The van der Waals surface area contributed by atoms with Gasteiger partial charge in [0.15, 0.2) is 6.29 Å². The highest BCUT2D eigenvalue weighted by Gasteiger charge is 2.01. The van der Waals surface area contributed by atoms with Gasteiger partial charge in [-0.3, -0.25) is 9.59 Å². The summed E-state index contributed by atoms with van der Waals surface area (Å²) in [6.07, 6.45) is 4.09. The van der Waals surface area contributed by atoms with Crippen molar-refractivity contribution in [2.45, 2.75) is 13.3 Å². The Bertz CT molecular complexity index is 435. The molecule has 0 saturated heterocycles. The first-order chi connectivity index (χ1) is 8.17. The van der Waals surface area contributed by atoms with Crippen molar-refractivity contribution in [1.29, 1.82) is 0 Å². The average molecular weight is 234 g/mol. The van der Waals surface area contributed by atoms with Gasteiger partial charge in [-0.05, 0) is 24.6 Å². The van der Waals surface area contributed by atoms with Crippen LogP contribution in [0.15, 0.2) is 24.3 Å². The summed E-state index contributed by atoms with van der Waals surface area (Å²) >= 11 is 0. The highest BCUT2D eigenvalue weighted by molar-refractivity contribution is 5.83. The van der Waals surface area contributed by atoms with Crippen LogP contribution in [-0.2, 0) is 9.53 Å². The Kier molecular flexibility index (Phi) is 4.94. The highest BCUT2D eigenvalue weighted by Crippen LogP contribution is 2.16. The molecular formula is C13H14O4. The van der Waals surface area contributed by atoms with Crippen LogP contribution in [0.4, 0.5) is 0 Å². The van der Waals surface area contributed by atoms with Crippen LogP contribution in [0.5, 0.6) is 5.75 Å². The van der Waals surface area contributed by atoms with E-state index in [-0.39, 0.29) is 18.1 Å². The van der Waals surface area contributed by atoms with Gasteiger partial charge in [0.05, 0.1) is 13.0 Å². The average Bonchev–Trinajstić information content (AvgIpc) is 2.31. The fourth-order valence-corrected chi connectivity index (χ4v) is 1.32. The minimum Gasteiger partial charge on any atom is -0.508 e. The summed E-state index contributed by atoms with van der Waals surface area (Å²) in [5.41, 5.74) is 1.03. The third-order valence-corrected chi connectivity index (χ3v) is 2.08. The minimum atomic E-state index is -0.310. The summed E-state index contributed by atoms with van der Waals surface area (Å²) < 4.78 is 4.76. The molecule has 0 saturated carbocycles. The van der Waals surface area contributed by atoms with Crippen LogP contribution in [0.1, 0.15) is 29.3 Å². The lowest BCUT2D eigenvalue weighted by atomic mass is 10.1. The zero-order chi connectivity index (χ0) is 12.7. The summed E-state index contributed by atoms with van der Waals surface area (Å²) in [7, 11) is 0. The van der Waals surface area contributed by atoms with Crippen molar-refractivity contribution < 1.29 is 19.4 Å². The Morgan fingerprint density at radius 2 is 2.18 bits per heavy atom. The van der Waals surface area contributed by atoms with Gasteiger partial charge >= 0.3 is 5.97 Å². The molecule has 4 nitrogen and oxygen atoms in total. The number of hydrogen-bond donors (Lipinski definition) is 1. The Morgan fingerprint density at radius 3 is 2.82 bits per heavy atom. The molecule has 4 heteroatoms. The van der Waals surface area contributed by atoms with E-state index in [1.54, 1.807) is 25.1 Å². The number of aromatic hydroxyl groups is 1. The fraction of sp³-hybridized carbons (Fsp3) is 0.231. The number of benzene rings is 1. The van der Waals surface area contributed by atoms with Gasteiger partial charge in [-0.15, -0.1) is 0 Å². The first-order valence-electron chi connectivity index (χ1n) is 5.27. The molecule has 0 aliphatic heterocycles. The monoisotopic (exact) mass is 234 g/mol. The molecule has 0 aliphatic carbocycles. The Labute approximate surface area is 99.5 Å². The molecule has 0 radical (unpaired) electrons. The number of hydrogen-bond acceptors (Lipinski definition) is 4. The molecule has 0 atom stereocenters. The highest BCUT2D eigenvalue weighted by atomic mass is 16.5. The number of aldehydes is 1. The second-order valence-electron chi connectivity index (χ2n) is 3.34. The predicted octanol–water partition coefficient (Wildman–Crippen LogP) is 2.17. The van der Waals surface area contributed by atoms with E-state index >= 15 is 0 Å². The van der Waals surface area contributed by atoms with Gasteiger partial charge in [-0.25, -0.2) is 0 Å². The number of carbonyl (C=O) groups excluding carboxylic acids is 2. The van der Waals surface area contributed by atoms with Crippen molar-refractivity contribution in [2.24, 2.45) is 0 Å². The molecule has 0 spiro atoms. The maximum Gasteiger partial charge on any atom is 0.309 e. The van der Waals surface area contributed by atoms with Gasteiger partial charge in [-0.1, -0.05) is 18.2 Å². The lowest BCUT2D eigenvalue weighted by Crippen LogP contribution is -2.01. The number of rotatable bonds is 5. The molecule has 90 valence electrons. The van der Waals surface area contributed by atoms with Crippen LogP contribution in [0.2, 0.25) is 0 Å². The van der Waals surface area contributed by atoms with E-state index in [0.717, 1.165) is 0 Å². The molecule has 1 N–H and O–H groups in total. The third kappa shape index (κ3) is 4.10. The van der Waals surface area contributed by atoms with Crippen molar-refractivity contribution in [3.8, 4) is 5.75 Å². The SMILES string of the molecule is CCOC(=O)CC=Cc1ccc(O)cc1C=O. The normalized spacial score (nSPS) is 10.4. The van der Waals surface area contributed by atoms with E-state index in [9.17, 15) is 14.7 Å². The van der Waals surface area contributed by atoms with Crippen molar-refractivity contribution in [2.75, 3.05) is 6.61 Å². The molecule has 0 amide bonds. The second-order valence-corrected chi connectivity index (χ2v) is 3.34. The number of phenolic OH excluding ortho intramolecular Hbond substituents is 1. The number of esters is 1. The molecule has 17 heavy (non-hydrogen) atoms. The summed E-state index contributed by atoms with van der Waals surface area (Å²) in [6, 6.07) is 4.47. The second kappa shape index (κ2) is 6.48. The maximum atomic E-state index is 11.1. The first kappa shape index (κ1) is 13.0. The summed E-state index contributed by atoms with van der Waals surface area (Å²) in [5.74, 6) is -0.273. The number of ether oxygens (including phenoxy) is 1. The maximum absolute atomic E-state index is 11.1. The van der Waals surface area contributed by atoms with Gasteiger partial charge in [0, 0.05) is 5.56 Å². The molecule has 1 rings (SSSR count). The first-order valence-corrected chi connectivity index (χ1v) is 5.27. The van der Waals surface area contributed by atoms with Crippen LogP contribution in [0.3, 0.4) is 0 Å². The zero-order valence-electron chi connectivity index (χ0n) is 9.55. The Morgan fingerprint density at radius 1 is 1.41 bits per heavy atom. The summed E-state index contributed by atoms with van der Waals surface area (Å²) in [6.45, 7) is 2.09. The van der Waals surface area contributed by atoms with Crippen LogP contribution in [-0.4, -0.2) is 24.0 Å². The summed E-state index contributed by atoms with van der Waals surface area (Å²) in [5, 5.41) is 9.20. The van der Waals surface area contributed by atoms with Crippen LogP contribution in [0.25, 0.3) is 6.08 Å². The van der Waals surface area contributed by atoms with Crippen LogP contribution in [0, 0.1) is 0 Å². The van der Waals surface area contributed by atoms with E-state index in [4.69, 9.17) is 4.74 Å². The van der Waals surface area contributed by atoms with Gasteiger partial charge in [0.2, 0.25) is 0 Å². The fourth-order valence-electron chi connectivity index (χ4n) is 1.32. The van der Waals surface area contributed by atoms with Gasteiger partial charge in [-0.2, -0.15) is 0 Å². The van der Waals surface area contributed by atoms with Gasteiger partial charge < -0.3 is 9.84 Å². The van der Waals surface area contributed by atoms with E-state index < -0.39 is 0 Å². The van der Waals surface area contributed by atoms with E-state index in [1.807, 2.05) is 0 Å². The van der Waals surface area contributed by atoms with Crippen molar-refractivity contribution in [3.05, 3.63) is 35.4 Å². The lowest BCUT2D eigenvalue weighted by Gasteiger charge is -2.00. The molecule has 0 bridgehead atoms. The molecule has 0 fully saturated rings. The van der Waals surface area contributed by atoms with Gasteiger partial charge in [0.25, 0.3) is 0 Å².